The molecule has 0 unspecified atom stereocenters. The van der Waals surface area contributed by atoms with Gasteiger partial charge in [0.25, 0.3) is 0 Å². The Morgan fingerprint density at radius 1 is 0.744 bits per heavy atom. The predicted molar refractivity (Wildman–Crippen MR) is 169 cm³/mol. The van der Waals surface area contributed by atoms with Crippen molar-refractivity contribution in [2.24, 2.45) is 0 Å². The molecule has 1 amide bonds. The number of carbonyl (C=O) groups excluding carboxylic acids is 1. The van der Waals surface area contributed by atoms with Crippen LogP contribution in [0.3, 0.4) is 0 Å². The summed E-state index contributed by atoms with van der Waals surface area (Å²) in [6.45, 7) is 4.67. The summed E-state index contributed by atoms with van der Waals surface area (Å²) in [5.74, 6) is -0.169. The number of aliphatic carboxylic acids is 1. The van der Waals surface area contributed by atoms with Gasteiger partial charge in [-0.05, 0) is 55.2 Å². The number of amides is 1. The molecule has 0 saturated heterocycles. The highest BCUT2D eigenvalue weighted by molar-refractivity contribution is 8.00. The van der Waals surface area contributed by atoms with Crippen molar-refractivity contribution in [2.45, 2.75) is 42.6 Å². The van der Waals surface area contributed by atoms with E-state index in [9.17, 15) is 14.7 Å². The smallest absolute Gasteiger partial charge is 0.411 e. The van der Waals surface area contributed by atoms with Gasteiger partial charge in [0, 0.05) is 4.90 Å². The number of benzene rings is 4. The lowest BCUT2D eigenvalue weighted by atomic mass is 9.84. The zero-order valence-corrected chi connectivity index (χ0v) is 25.9. The van der Waals surface area contributed by atoms with Crippen molar-refractivity contribution in [1.29, 1.82) is 0 Å². The number of carboxylic acids is 1. The molecule has 0 heterocycles. The minimum Gasteiger partial charge on any atom is -0.493 e. The number of methoxy groups -OCH3 is 2. The summed E-state index contributed by atoms with van der Waals surface area (Å²) in [6.07, 6.45) is -0.721. The lowest BCUT2D eigenvalue weighted by molar-refractivity contribution is -0.138. The van der Waals surface area contributed by atoms with Crippen molar-refractivity contribution in [3.63, 3.8) is 0 Å². The zero-order valence-electron chi connectivity index (χ0n) is 25.1. The third-order valence-electron chi connectivity index (χ3n) is 6.71. The average Bonchev–Trinajstić information content (AvgIpc) is 3.00. The molecule has 4 rings (SSSR count). The van der Waals surface area contributed by atoms with E-state index >= 15 is 0 Å². The van der Waals surface area contributed by atoms with Crippen LogP contribution in [-0.2, 0) is 20.8 Å². The zero-order chi connectivity index (χ0) is 31.0. The number of hydrogen-bond acceptors (Lipinski definition) is 6. The highest BCUT2D eigenvalue weighted by Gasteiger charge is 2.39. The Balaban J connectivity index is 1.96. The number of hydrogen-bond donors (Lipinski definition) is 1. The molecular formula is C35H37NO6S. The number of rotatable bonds is 11. The SMILES string of the molecule is COc1cc(CN(CC(=O)O)C(=O)OC(C)(C)C)c(SC(c2ccccc2)(c2ccccc2)c2ccccc2)cc1OC. The lowest BCUT2D eigenvalue weighted by Gasteiger charge is -2.36. The van der Waals surface area contributed by atoms with Crippen LogP contribution in [0.1, 0.15) is 43.0 Å². The molecule has 0 radical (unpaired) electrons. The molecule has 0 spiro atoms. The Bertz CT molecular complexity index is 1420. The highest BCUT2D eigenvalue weighted by Crippen LogP contribution is 2.53. The predicted octanol–water partition coefficient (Wildman–Crippen LogP) is 7.61. The van der Waals surface area contributed by atoms with E-state index in [1.807, 2.05) is 60.7 Å². The fourth-order valence-corrected chi connectivity index (χ4v) is 6.37. The molecule has 4 aromatic rings. The van der Waals surface area contributed by atoms with Gasteiger partial charge in [0.1, 0.15) is 12.1 Å². The molecule has 8 heteroatoms. The molecule has 4 aromatic carbocycles. The summed E-state index contributed by atoms with van der Waals surface area (Å²) in [5.41, 5.74) is 3.03. The number of carboxylic acid groups (broad SMARTS) is 1. The van der Waals surface area contributed by atoms with Crippen LogP contribution in [0.2, 0.25) is 0 Å². The average molecular weight is 600 g/mol. The molecule has 43 heavy (non-hydrogen) atoms. The molecule has 0 fully saturated rings. The van der Waals surface area contributed by atoms with Crippen molar-refractivity contribution < 1.29 is 28.9 Å². The van der Waals surface area contributed by atoms with Gasteiger partial charge in [-0.25, -0.2) is 4.79 Å². The van der Waals surface area contributed by atoms with E-state index in [2.05, 4.69) is 36.4 Å². The van der Waals surface area contributed by atoms with E-state index in [1.54, 1.807) is 52.8 Å². The second-order valence-electron chi connectivity index (χ2n) is 10.9. The van der Waals surface area contributed by atoms with Gasteiger partial charge < -0.3 is 19.3 Å². The monoisotopic (exact) mass is 599 g/mol. The van der Waals surface area contributed by atoms with Crippen LogP contribution in [0.15, 0.2) is 108 Å². The van der Waals surface area contributed by atoms with Gasteiger partial charge in [0.2, 0.25) is 0 Å². The fraction of sp³-hybridized carbons (Fsp3) is 0.257. The Labute approximate surface area is 257 Å². The maximum absolute atomic E-state index is 13.2. The molecule has 0 aliphatic rings. The van der Waals surface area contributed by atoms with Crippen LogP contribution in [0, 0.1) is 0 Å². The van der Waals surface area contributed by atoms with Crippen LogP contribution in [0.4, 0.5) is 4.79 Å². The van der Waals surface area contributed by atoms with Crippen molar-refractivity contribution in [3.05, 3.63) is 125 Å². The van der Waals surface area contributed by atoms with Gasteiger partial charge >= 0.3 is 12.1 Å². The lowest BCUT2D eigenvalue weighted by Crippen LogP contribution is -2.39. The summed E-state index contributed by atoms with van der Waals surface area (Å²) < 4.78 is 16.2. The maximum Gasteiger partial charge on any atom is 0.411 e. The number of carbonyl (C=O) groups is 2. The van der Waals surface area contributed by atoms with E-state index in [4.69, 9.17) is 14.2 Å². The Morgan fingerprint density at radius 2 is 1.19 bits per heavy atom. The first-order chi connectivity index (χ1) is 20.6. The quantitative estimate of drug-likeness (QED) is 0.140. The fourth-order valence-electron chi connectivity index (χ4n) is 4.86. The summed E-state index contributed by atoms with van der Waals surface area (Å²) in [5, 5.41) is 9.69. The molecule has 224 valence electrons. The molecular weight excluding hydrogens is 562 g/mol. The van der Waals surface area contributed by atoms with E-state index in [0.29, 0.717) is 17.1 Å². The molecule has 0 atom stereocenters. The Morgan fingerprint density at radius 3 is 1.58 bits per heavy atom. The molecule has 0 aliphatic carbocycles. The van der Waals surface area contributed by atoms with Gasteiger partial charge in [-0.15, -0.1) is 11.8 Å². The molecule has 0 aliphatic heterocycles. The van der Waals surface area contributed by atoms with Crippen LogP contribution >= 0.6 is 11.8 Å². The largest absolute Gasteiger partial charge is 0.493 e. The summed E-state index contributed by atoms with van der Waals surface area (Å²) in [7, 11) is 3.11. The minimum absolute atomic E-state index is 0.0294. The van der Waals surface area contributed by atoms with Crippen LogP contribution in [-0.4, -0.2) is 48.4 Å². The van der Waals surface area contributed by atoms with Crippen molar-refractivity contribution >= 4 is 23.8 Å². The number of thioether (sulfide) groups is 1. The van der Waals surface area contributed by atoms with Crippen LogP contribution in [0.25, 0.3) is 0 Å². The second kappa shape index (κ2) is 13.7. The van der Waals surface area contributed by atoms with Crippen LogP contribution in [0.5, 0.6) is 11.5 Å². The molecule has 1 N–H and O–H groups in total. The number of ether oxygens (including phenoxy) is 3. The van der Waals surface area contributed by atoms with Crippen molar-refractivity contribution in [3.8, 4) is 11.5 Å². The summed E-state index contributed by atoms with van der Waals surface area (Å²) >= 11 is 1.59. The molecule has 0 aromatic heterocycles. The molecule has 7 nitrogen and oxygen atoms in total. The van der Waals surface area contributed by atoms with Crippen molar-refractivity contribution in [1.82, 2.24) is 4.90 Å². The summed E-state index contributed by atoms with van der Waals surface area (Å²) in [6, 6.07) is 34.4. The van der Waals surface area contributed by atoms with Gasteiger partial charge in [0.15, 0.2) is 11.5 Å². The Kier molecular flexibility index (Phi) is 10.0. The van der Waals surface area contributed by atoms with E-state index in [-0.39, 0.29) is 6.54 Å². The van der Waals surface area contributed by atoms with Gasteiger partial charge in [-0.1, -0.05) is 91.0 Å². The van der Waals surface area contributed by atoms with Gasteiger partial charge in [0.05, 0.1) is 25.5 Å². The number of nitrogens with zero attached hydrogens (tertiary/aromatic N) is 1. The molecule has 0 saturated carbocycles. The minimum atomic E-state index is -1.15. The first-order valence-electron chi connectivity index (χ1n) is 13.9. The van der Waals surface area contributed by atoms with Gasteiger partial charge in [-0.2, -0.15) is 0 Å². The Hall–Kier alpha value is -4.43. The standard InChI is InChI=1S/C35H37NO6S/c1-34(2,3)42-33(39)36(24-32(37)38)23-25-21-29(40-4)30(41-5)22-31(25)43-35(26-15-9-6-10-16-26,27-17-11-7-12-18-27)28-19-13-8-14-20-28/h6-22H,23-24H2,1-5H3,(H,37,38). The van der Waals surface area contributed by atoms with Gasteiger partial charge in [-0.3, -0.25) is 9.69 Å². The normalized spacial score (nSPS) is 11.5. The van der Waals surface area contributed by atoms with Crippen molar-refractivity contribution in [2.75, 3.05) is 20.8 Å². The first kappa shape index (κ1) is 31.5. The summed E-state index contributed by atoms with van der Waals surface area (Å²) in [4.78, 5) is 27.1. The van der Waals surface area contributed by atoms with E-state index < -0.39 is 29.0 Å². The van der Waals surface area contributed by atoms with E-state index in [1.165, 1.54) is 4.90 Å². The van der Waals surface area contributed by atoms with E-state index in [0.717, 1.165) is 21.6 Å². The topological polar surface area (TPSA) is 85.3 Å². The van der Waals surface area contributed by atoms with Crippen LogP contribution < -0.4 is 9.47 Å². The highest BCUT2D eigenvalue weighted by atomic mass is 32.2. The molecule has 0 bridgehead atoms. The third-order valence-corrected chi connectivity index (χ3v) is 8.32. The third kappa shape index (κ3) is 7.51. The first-order valence-corrected chi connectivity index (χ1v) is 14.7. The maximum atomic E-state index is 13.2. The second-order valence-corrected chi connectivity index (χ2v) is 12.2.